The minimum atomic E-state index is -0.310. The Balaban J connectivity index is 1.66. The van der Waals surface area contributed by atoms with Crippen LogP contribution < -0.4 is 15.0 Å². The highest BCUT2D eigenvalue weighted by molar-refractivity contribution is 7.80. The van der Waals surface area contributed by atoms with Crippen LogP contribution >= 0.6 is 23.8 Å². The van der Waals surface area contributed by atoms with Crippen molar-refractivity contribution in [1.82, 2.24) is 15.5 Å². The number of thiocarbonyl (C=S) groups is 1. The molecule has 1 aromatic heterocycles. The molecule has 0 bridgehead atoms. The first-order valence-electron chi connectivity index (χ1n) is 10.7. The fraction of sp³-hybridized carbons (Fsp3) is 0.115. The molecule has 0 radical (unpaired) electrons. The van der Waals surface area contributed by atoms with E-state index in [1.807, 2.05) is 84.6 Å². The molecule has 6 nitrogen and oxygen atoms in total. The standard InChI is InChI=1S/C26H21ClN4O2S/c1-16-22(25-29-24(30-33-25)18-9-6-10-19(27)14-18)23(17-8-7-13-21(15-17)32-2)28-26(34)31(16)20-11-4-3-5-12-20/h3-15,23H,1-2H3,(H,28,34). The Kier molecular flexibility index (Phi) is 6.04. The minimum absolute atomic E-state index is 0.310. The largest absolute Gasteiger partial charge is 0.497 e. The molecule has 2 heterocycles. The number of halogens is 1. The molecule has 170 valence electrons. The second kappa shape index (κ2) is 9.29. The van der Waals surface area contributed by atoms with E-state index in [9.17, 15) is 0 Å². The first-order valence-corrected chi connectivity index (χ1v) is 11.4. The number of benzene rings is 3. The topological polar surface area (TPSA) is 63.4 Å². The Bertz CT molecular complexity index is 1390. The van der Waals surface area contributed by atoms with Gasteiger partial charge < -0.3 is 14.6 Å². The number of allylic oxidation sites excluding steroid dienone is 1. The highest BCUT2D eigenvalue weighted by Gasteiger charge is 2.35. The number of aromatic nitrogens is 2. The van der Waals surface area contributed by atoms with E-state index in [2.05, 4.69) is 10.5 Å². The summed E-state index contributed by atoms with van der Waals surface area (Å²) in [5.74, 6) is 1.61. The molecule has 0 saturated heterocycles. The second-order valence-corrected chi connectivity index (χ2v) is 8.59. The van der Waals surface area contributed by atoms with Crippen molar-refractivity contribution >= 4 is 40.2 Å². The first-order chi connectivity index (χ1) is 16.5. The highest BCUT2D eigenvalue weighted by Crippen LogP contribution is 2.39. The average Bonchev–Trinajstić information content (AvgIpc) is 3.34. The maximum atomic E-state index is 6.17. The van der Waals surface area contributed by atoms with Crippen LogP contribution in [0.1, 0.15) is 24.4 Å². The molecule has 0 amide bonds. The van der Waals surface area contributed by atoms with E-state index in [1.165, 1.54) is 0 Å². The summed E-state index contributed by atoms with van der Waals surface area (Å²) in [7, 11) is 1.65. The molecule has 1 aliphatic heterocycles. The zero-order chi connectivity index (χ0) is 23.7. The van der Waals surface area contributed by atoms with Crippen LogP contribution in [0, 0.1) is 0 Å². The lowest BCUT2D eigenvalue weighted by Crippen LogP contribution is -2.46. The van der Waals surface area contributed by atoms with Gasteiger partial charge in [0.2, 0.25) is 5.82 Å². The SMILES string of the molecule is COc1cccc(C2NC(=S)N(c3ccccc3)C(C)=C2c2nc(-c3cccc(Cl)c3)no2)c1. The third kappa shape index (κ3) is 4.16. The Hall–Kier alpha value is -3.68. The third-order valence-corrected chi connectivity index (χ3v) is 6.20. The molecule has 3 aromatic carbocycles. The van der Waals surface area contributed by atoms with Gasteiger partial charge in [0.1, 0.15) is 5.75 Å². The first kappa shape index (κ1) is 22.1. The van der Waals surface area contributed by atoms with Crippen LogP contribution in [-0.4, -0.2) is 22.4 Å². The molecule has 1 atom stereocenters. The molecule has 0 fully saturated rings. The fourth-order valence-corrected chi connectivity index (χ4v) is 4.61. The van der Waals surface area contributed by atoms with Gasteiger partial charge in [-0.1, -0.05) is 59.2 Å². The number of hydrogen-bond acceptors (Lipinski definition) is 5. The normalized spacial score (nSPS) is 15.9. The van der Waals surface area contributed by atoms with Crippen LogP contribution in [0.5, 0.6) is 5.75 Å². The monoisotopic (exact) mass is 488 g/mol. The zero-order valence-electron chi connectivity index (χ0n) is 18.5. The van der Waals surface area contributed by atoms with E-state index < -0.39 is 0 Å². The predicted molar refractivity (Wildman–Crippen MR) is 138 cm³/mol. The Morgan fingerprint density at radius 2 is 1.82 bits per heavy atom. The summed E-state index contributed by atoms with van der Waals surface area (Å²) in [5.41, 5.74) is 4.40. The molecule has 4 aromatic rings. The fourth-order valence-electron chi connectivity index (χ4n) is 4.06. The molecule has 5 rings (SSSR count). The van der Waals surface area contributed by atoms with Crippen molar-refractivity contribution in [3.63, 3.8) is 0 Å². The molecule has 1 unspecified atom stereocenters. The van der Waals surface area contributed by atoms with Gasteiger partial charge in [-0.2, -0.15) is 4.98 Å². The minimum Gasteiger partial charge on any atom is -0.497 e. The summed E-state index contributed by atoms with van der Waals surface area (Å²) in [5, 5.41) is 8.88. The van der Waals surface area contributed by atoms with Crippen LogP contribution in [0.15, 0.2) is 89.1 Å². The van der Waals surface area contributed by atoms with E-state index in [0.29, 0.717) is 21.9 Å². The smallest absolute Gasteiger partial charge is 0.258 e. The number of ether oxygens (including phenoxy) is 1. The molecular weight excluding hydrogens is 468 g/mol. The van der Waals surface area contributed by atoms with E-state index in [4.69, 9.17) is 38.1 Å². The van der Waals surface area contributed by atoms with Gasteiger partial charge in [0, 0.05) is 22.0 Å². The van der Waals surface area contributed by atoms with Crippen LogP contribution in [0.3, 0.4) is 0 Å². The molecule has 8 heteroatoms. The van der Waals surface area contributed by atoms with Crippen molar-refractivity contribution in [3.8, 4) is 17.1 Å². The summed E-state index contributed by atoms with van der Waals surface area (Å²) >= 11 is 12.0. The van der Waals surface area contributed by atoms with E-state index >= 15 is 0 Å². The van der Waals surface area contributed by atoms with Gasteiger partial charge in [-0.05, 0) is 61.1 Å². The molecule has 1 aliphatic rings. The quantitative estimate of drug-likeness (QED) is 0.332. The van der Waals surface area contributed by atoms with E-state index in [1.54, 1.807) is 13.2 Å². The number of hydrogen-bond donors (Lipinski definition) is 1. The van der Waals surface area contributed by atoms with E-state index in [0.717, 1.165) is 33.8 Å². The molecule has 0 aliphatic carbocycles. The van der Waals surface area contributed by atoms with Gasteiger partial charge in [-0.25, -0.2) is 0 Å². The average molecular weight is 489 g/mol. The number of nitrogens with zero attached hydrogens (tertiary/aromatic N) is 3. The summed E-state index contributed by atoms with van der Waals surface area (Å²) in [6, 6.07) is 24.8. The summed E-state index contributed by atoms with van der Waals surface area (Å²) in [6.45, 7) is 2.01. The highest BCUT2D eigenvalue weighted by atomic mass is 35.5. The lowest BCUT2D eigenvalue weighted by molar-refractivity contribution is 0.403. The van der Waals surface area contributed by atoms with Crippen molar-refractivity contribution in [2.75, 3.05) is 12.0 Å². The lowest BCUT2D eigenvalue weighted by Gasteiger charge is -2.37. The Morgan fingerprint density at radius 3 is 2.59 bits per heavy atom. The van der Waals surface area contributed by atoms with Gasteiger partial charge >= 0.3 is 0 Å². The van der Waals surface area contributed by atoms with Crippen molar-refractivity contribution < 1.29 is 9.26 Å². The van der Waals surface area contributed by atoms with Crippen LogP contribution in [0.4, 0.5) is 5.69 Å². The number of methoxy groups -OCH3 is 1. The van der Waals surface area contributed by atoms with Crippen LogP contribution in [0.25, 0.3) is 17.0 Å². The second-order valence-electron chi connectivity index (χ2n) is 7.76. The Morgan fingerprint density at radius 1 is 1.03 bits per heavy atom. The third-order valence-electron chi connectivity index (χ3n) is 5.67. The molecule has 0 spiro atoms. The molecule has 1 N–H and O–H groups in total. The summed E-state index contributed by atoms with van der Waals surface area (Å²) < 4.78 is 11.2. The lowest BCUT2D eigenvalue weighted by atomic mass is 9.94. The molecular formula is C26H21ClN4O2S. The van der Waals surface area contributed by atoms with Crippen molar-refractivity contribution in [1.29, 1.82) is 0 Å². The van der Waals surface area contributed by atoms with Crippen molar-refractivity contribution in [3.05, 3.63) is 101 Å². The van der Waals surface area contributed by atoms with Gasteiger partial charge in [0.25, 0.3) is 5.89 Å². The summed E-state index contributed by atoms with van der Waals surface area (Å²) in [6.07, 6.45) is 0. The van der Waals surface area contributed by atoms with Crippen LogP contribution in [0.2, 0.25) is 5.02 Å². The maximum Gasteiger partial charge on any atom is 0.258 e. The zero-order valence-corrected chi connectivity index (χ0v) is 20.1. The molecule has 34 heavy (non-hydrogen) atoms. The number of para-hydroxylation sites is 1. The number of anilines is 1. The van der Waals surface area contributed by atoms with Gasteiger partial charge in [0.05, 0.1) is 18.7 Å². The van der Waals surface area contributed by atoms with Crippen LogP contribution in [-0.2, 0) is 0 Å². The maximum absolute atomic E-state index is 6.17. The van der Waals surface area contributed by atoms with Gasteiger partial charge in [-0.3, -0.25) is 4.90 Å². The van der Waals surface area contributed by atoms with E-state index in [-0.39, 0.29) is 6.04 Å². The number of rotatable bonds is 5. The number of nitrogens with one attached hydrogen (secondary N) is 1. The van der Waals surface area contributed by atoms with Crippen molar-refractivity contribution in [2.24, 2.45) is 0 Å². The summed E-state index contributed by atoms with van der Waals surface area (Å²) in [4.78, 5) is 6.71. The van der Waals surface area contributed by atoms with Crippen molar-refractivity contribution in [2.45, 2.75) is 13.0 Å². The Labute approximate surface area is 207 Å². The van der Waals surface area contributed by atoms with Gasteiger partial charge in [0.15, 0.2) is 5.11 Å². The molecule has 0 saturated carbocycles. The predicted octanol–water partition coefficient (Wildman–Crippen LogP) is 6.27. The van der Waals surface area contributed by atoms with Gasteiger partial charge in [-0.15, -0.1) is 0 Å².